The molecule has 0 amide bonds. The zero-order chi connectivity index (χ0) is 49.4. The summed E-state index contributed by atoms with van der Waals surface area (Å²) in [7, 11) is 0. The maximum absolute atomic E-state index is 6.40. The molecule has 0 aliphatic carbocycles. The first-order valence-electron chi connectivity index (χ1n) is 25.3. The van der Waals surface area contributed by atoms with E-state index in [0.29, 0.717) is 17.5 Å². The molecule has 350 valence electrons. The Morgan fingerprint density at radius 2 is 0.747 bits per heavy atom. The third-order valence-corrected chi connectivity index (χ3v) is 14.8. The molecule has 6 nitrogen and oxygen atoms in total. The van der Waals surface area contributed by atoms with E-state index in [4.69, 9.17) is 19.4 Å². The van der Waals surface area contributed by atoms with Crippen molar-refractivity contribution in [2.75, 3.05) is 0 Å². The van der Waals surface area contributed by atoms with E-state index in [2.05, 4.69) is 246 Å². The quantitative estimate of drug-likeness (QED) is 0.152. The van der Waals surface area contributed by atoms with Crippen LogP contribution in [0.3, 0.4) is 0 Å². The van der Waals surface area contributed by atoms with Crippen molar-refractivity contribution in [3.05, 3.63) is 261 Å². The average Bonchev–Trinajstić information content (AvgIpc) is 4.15. The summed E-state index contributed by atoms with van der Waals surface area (Å²) in [5, 5.41) is 6.86. The van der Waals surface area contributed by atoms with Crippen LogP contribution in [0.15, 0.2) is 265 Å². The van der Waals surface area contributed by atoms with Crippen molar-refractivity contribution in [2.45, 2.75) is 0 Å². The lowest BCUT2D eigenvalue weighted by Gasteiger charge is -2.15. The second kappa shape index (κ2) is 17.3. The van der Waals surface area contributed by atoms with Gasteiger partial charge >= 0.3 is 0 Å². The van der Waals surface area contributed by atoms with Crippen molar-refractivity contribution < 1.29 is 4.42 Å². The molecule has 6 heteroatoms. The highest BCUT2D eigenvalue weighted by Crippen LogP contribution is 2.45. The SMILES string of the molecule is c1ccc(-c2ccc(-c3nc(-c4ccc5c(c4)oc4ccccc45)nc(-c4ccccc4-n4c5ccccc5c5c(-c6cccc7c6c6ccc(-c8ccccc8)cc6n7-c6ccccc6)cccc54)n3)cc2)cc1. The van der Waals surface area contributed by atoms with Gasteiger partial charge in [0.15, 0.2) is 17.5 Å². The summed E-state index contributed by atoms with van der Waals surface area (Å²) >= 11 is 0. The number of nitrogens with zero attached hydrogens (tertiary/aromatic N) is 5. The van der Waals surface area contributed by atoms with Gasteiger partial charge < -0.3 is 13.6 Å². The molecule has 15 rings (SSSR count). The number of benzene rings is 11. The summed E-state index contributed by atoms with van der Waals surface area (Å²) in [5.41, 5.74) is 17.8. The molecule has 11 aromatic carbocycles. The second-order valence-corrected chi connectivity index (χ2v) is 19.1. The summed E-state index contributed by atoms with van der Waals surface area (Å²) in [6.45, 7) is 0. The summed E-state index contributed by atoms with van der Waals surface area (Å²) in [6, 6.07) is 92.4. The minimum atomic E-state index is 0.558. The van der Waals surface area contributed by atoms with Crippen LogP contribution in [-0.2, 0) is 0 Å². The fourth-order valence-electron chi connectivity index (χ4n) is 11.4. The van der Waals surface area contributed by atoms with Crippen LogP contribution >= 0.6 is 0 Å². The molecule has 4 aromatic heterocycles. The Balaban J connectivity index is 0.937. The van der Waals surface area contributed by atoms with Gasteiger partial charge in [-0.15, -0.1) is 0 Å². The molecule has 0 unspecified atom stereocenters. The number of aromatic nitrogens is 5. The van der Waals surface area contributed by atoms with E-state index in [9.17, 15) is 0 Å². The second-order valence-electron chi connectivity index (χ2n) is 19.1. The average molecular weight is 958 g/mol. The van der Waals surface area contributed by atoms with Crippen molar-refractivity contribution >= 4 is 65.6 Å². The first-order chi connectivity index (χ1) is 37.2. The lowest BCUT2D eigenvalue weighted by Crippen LogP contribution is -2.03. The first kappa shape index (κ1) is 42.5. The lowest BCUT2D eigenvalue weighted by atomic mass is 9.95. The van der Waals surface area contributed by atoms with Gasteiger partial charge in [0.25, 0.3) is 0 Å². The Morgan fingerprint density at radius 1 is 0.267 bits per heavy atom. The minimum Gasteiger partial charge on any atom is -0.456 e. The zero-order valence-electron chi connectivity index (χ0n) is 40.5. The van der Waals surface area contributed by atoms with Crippen LogP contribution in [0.25, 0.3) is 144 Å². The van der Waals surface area contributed by atoms with Crippen molar-refractivity contribution in [1.82, 2.24) is 24.1 Å². The zero-order valence-corrected chi connectivity index (χ0v) is 40.5. The van der Waals surface area contributed by atoms with E-state index >= 15 is 0 Å². The molecule has 0 aliphatic rings. The van der Waals surface area contributed by atoms with Crippen molar-refractivity contribution in [3.63, 3.8) is 0 Å². The minimum absolute atomic E-state index is 0.558. The molecule has 4 heterocycles. The smallest absolute Gasteiger partial charge is 0.166 e. The fraction of sp³-hybridized carbons (Fsp3) is 0. The Hall–Kier alpha value is -10.2. The van der Waals surface area contributed by atoms with Gasteiger partial charge in [0, 0.05) is 54.7 Å². The first-order valence-corrected chi connectivity index (χ1v) is 25.3. The van der Waals surface area contributed by atoms with E-state index in [-0.39, 0.29) is 0 Å². The topological polar surface area (TPSA) is 61.7 Å². The monoisotopic (exact) mass is 957 g/mol. The fourth-order valence-corrected chi connectivity index (χ4v) is 11.4. The normalized spacial score (nSPS) is 11.7. The lowest BCUT2D eigenvalue weighted by molar-refractivity contribution is 0.669. The molecular formula is C69H43N5O. The standard InChI is InChI=1S/C69H43N5O/c1-4-18-44(19-5-1)46-34-36-47(37-35-46)67-70-68(49-39-40-52-51-24-12-15-33-63(51)75-64(52)43-49)72-69(71-67)57-26-11-14-30-59(57)74-58-29-13-10-25-55(58)65-53(28-17-32-61(65)74)54-27-16-31-60-66(54)56-41-38-48(45-20-6-2-7-21-45)42-62(56)73(60)50-22-8-3-9-23-50/h1-43H. The number of furan rings is 1. The van der Waals surface area contributed by atoms with Crippen molar-refractivity contribution in [1.29, 1.82) is 0 Å². The van der Waals surface area contributed by atoms with Gasteiger partial charge in [-0.25, -0.2) is 15.0 Å². The molecule has 0 radical (unpaired) electrons. The Kier molecular flexibility index (Phi) is 9.78. The molecule has 0 atom stereocenters. The third kappa shape index (κ3) is 6.99. The molecule has 0 fully saturated rings. The predicted molar refractivity (Wildman–Crippen MR) is 308 cm³/mol. The van der Waals surface area contributed by atoms with E-state index in [1.54, 1.807) is 0 Å². The number of hydrogen-bond acceptors (Lipinski definition) is 4. The van der Waals surface area contributed by atoms with E-state index in [1.807, 2.05) is 24.3 Å². The summed E-state index contributed by atoms with van der Waals surface area (Å²) in [5.74, 6) is 1.71. The van der Waals surface area contributed by atoms with Crippen molar-refractivity contribution in [3.8, 4) is 78.9 Å². The van der Waals surface area contributed by atoms with Gasteiger partial charge in [-0.3, -0.25) is 0 Å². The van der Waals surface area contributed by atoms with Gasteiger partial charge in [0.2, 0.25) is 0 Å². The summed E-state index contributed by atoms with van der Waals surface area (Å²) < 4.78 is 11.2. The number of hydrogen-bond donors (Lipinski definition) is 0. The molecule has 0 spiro atoms. The molecule has 0 saturated carbocycles. The van der Waals surface area contributed by atoms with E-state index in [1.165, 1.54) is 32.8 Å². The third-order valence-electron chi connectivity index (χ3n) is 14.8. The largest absolute Gasteiger partial charge is 0.456 e. The van der Waals surface area contributed by atoms with Crippen LogP contribution in [-0.4, -0.2) is 24.1 Å². The maximum atomic E-state index is 6.40. The van der Waals surface area contributed by atoms with Crippen LogP contribution in [0, 0.1) is 0 Å². The highest BCUT2D eigenvalue weighted by Gasteiger charge is 2.24. The van der Waals surface area contributed by atoms with Crippen LogP contribution < -0.4 is 0 Å². The maximum Gasteiger partial charge on any atom is 0.166 e. The van der Waals surface area contributed by atoms with Crippen LogP contribution in [0.4, 0.5) is 0 Å². The van der Waals surface area contributed by atoms with Gasteiger partial charge in [-0.1, -0.05) is 194 Å². The van der Waals surface area contributed by atoms with Crippen LogP contribution in [0.5, 0.6) is 0 Å². The molecule has 0 N–H and O–H groups in total. The van der Waals surface area contributed by atoms with E-state index in [0.717, 1.165) is 94.1 Å². The van der Waals surface area contributed by atoms with Crippen molar-refractivity contribution in [2.24, 2.45) is 0 Å². The van der Waals surface area contributed by atoms with Crippen LogP contribution in [0.2, 0.25) is 0 Å². The van der Waals surface area contributed by atoms with Gasteiger partial charge in [0.1, 0.15) is 11.2 Å². The molecule has 0 bridgehead atoms. The Bertz CT molecular complexity index is 4690. The van der Waals surface area contributed by atoms with Gasteiger partial charge in [-0.2, -0.15) is 0 Å². The number of fused-ring (bicyclic) bond motifs is 9. The number of para-hydroxylation sites is 4. The Labute approximate surface area is 431 Å². The molecular weight excluding hydrogens is 915 g/mol. The number of rotatable bonds is 8. The molecule has 15 aromatic rings. The van der Waals surface area contributed by atoms with Crippen LogP contribution in [0.1, 0.15) is 0 Å². The van der Waals surface area contributed by atoms with E-state index < -0.39 is 0 Å². The molecule has 75 heavy (non-hydrogen) atoms. The molecule has 0 aliphatic heterocycles. The highest BCUT2D eigenvalue weighted by atomic mass is 16.3. The van der Waals surface area contributed by atoms with Gasteiger partial charge in [0.05, 0.1) is 27.8 Å². The highest BCUT2D eigenvalue weighted by molar-refractivity contribution is 6.22. The molecule has 0 saturated heterocycles. The predicted octanol–water partition coefficient (Wildman–Crippen LogP) is 18.0. The Morgan fingerprint density at radius 3 is 1.49 bits per heavy atom. The summed E-state index contributed by atoms with van der Waals surface area (Å²) in [6.07, 6.45) is 0. The summed E-state index contributed by atoms with van der Waals surface area (Å²) in [4.78, 5) is 15.9. The van der Waals surface area contributed by atoms with Gasteiger partial charge in [-0.05, 0) is 100 Å².